The zero-order valence-electron chi connectivity index (χ0n) is 26.5. The van der Waals surface area contributed by atoms with Gasteiger partial charge in [-0.05, 0) is 106 Å². The van der Waals surface area contributed by atoms with Crippen LogP contribution < -0.4 is 0 Å². The first kappa shape index (κ1) is 28.0. The Morgan fingerprint density at radius 3 is 1.33 bits per heavy atom. The second kappa shape index (κ2) is 11.8. The second-order valence-corrected chi connectivity index (χ2v) is 12.5. The summed E-state index contributed by atoms with van der Waals surface area (Å²) in [4.78, 5) is 0. The van der Waals surface area contributed by atoms with Gasteiger partial charge in [-0.1, -0.05) is 176 Å². The zero-order valence-corrected chi connectivity index (χ0v) is 26.5. The first-order valence-electron chi connectivity index (χ1n) is 16.6. The summed E-state index contributed by atoms with van der Waals surface area (Å²) in [6, 6.07) is 70.7. The molecule has 0 atom stereocenters. The molecule has 224 valence electrons. The van der Waals surface area contributed by atoms with Gasteiger partial charge in [-0.25, -0.2) is 0 Å². The Morgan fingerprint density at radius 1 is 0.208 bits per heavy atom. The van der Waals surface area contributed by atoms with Gasteiger partial charge in [0.2, 0.25) is 0 Å². The van der Waals surface area contributed by atoms with Crippen LogP contribution in [-0.2, 0) is 0 Å². The maximum Gasteiger partial charge on any atom is -0.00201 e. The predicted octanol–water partition coefficient (Wildman–Crippen LogP) is 13.5. The summed E-state index contributed by atoms with van der Waals surface area (Å²) < 4.78 is 0. The van der Waals surface area contributed by atoms with E-state index in [1.165, 1.54) is 88.0 Å². The first-order valence-corrected chi connectivity index (χ1v) is 16.6. The highest BCUT2D eigenvalue weighted by atomic mass is 14.2. The molecule has 0 aliphatic carbocycles. The summed E-state index contributed by atoms with van der Waals surface area (Å²) >= 11 is 0. The number of hydrogen-bond acceptors (Lipinski definition) is 0. The third-order valence-electron chi connectivity index (χ3n) is 9.64. The molecule has 0 heteroatoms. The molecule has 48 heavy (non-hydrogen) atoms. The smallest absolute Gasteiger partial charge is 0.00201 e. The third kappa shape index (κ3) is 4.87. The van der Waals surface area contributed by atoms with E-state index in [1.807, 2.05) is 0 Å². The third-order valence-corrected chi connectivity index (χ3v) is 9.64. The van der Waals surface area contributed by atoms with Gasteiger partial charge >= 0.3 is 0 Å². The quantitative estimate of drug-likeness (QED) is 0.171. The summed E-state index contributed by atoms with van der Waals surface area (Å²) in [6.07, 6.45) is 0. The van der Waals surface area contributed by atoms with Crippen LogP contribution in [-0.4, -0.2) is 0 Å². The van der Waals surface area contributed by atoms with Crippen LogP contribution in [0, 0.1) is 0 Å². The molecule has 0 spiro atoms. The van der Waals surface area contributed by atoms with Crippen molar-refractivity contribution in [1.82, 2.24) is 0 Å². The molecular weight excluding hydrogens is 577 g/mol. The van der Waals surface area contributed by atoms with E-state index in [1.54, 1.807) is 0 Å². The van der Waals surface area contributed by atoms with E-state index in [0.717, 1.165) is 0 Å². The molecule has 0 saturated heterocycles. The van der Waals surface area contributed by atoms with Crippen LogP contribution >= 0.6 is 0 Å². The van der Waals surface area contributed by atoms with Gasteiger partial charge < -0.3 is 0 Å². The second-order valence-electron chi connectivity index (χ2n) is 12.5. The minimum atomic E-state index is 1.21. The topological polar surface area (TPSA) is 0 Å². The SMILES string of the molecule is c1ccc(-c2cccc(-c3cccc(-c4c5ccccc5c(-c5ccccc5-c5ccc6ccccc6c5)c5ccccc45)c3)c2)cc1. The van der Waals surface area contributed by atoms with E-state index < -0.39 is 0 Å². The number of benzene rings is 9. The largest absolute Gasteiger partial charge is 0.0622 e. The van der Waals surface area contributed by atoms with Gasteiger partial charge in [0.1, 0.15) is 0 Å². The Balaban J connectivity index is 1.26. The van der Waals surface area contributed by atoms with Crippen molar-refractivity contribution in [2.45, 2.75) is 0 Å². The molecule has 9 aromatic rings. The standard InChI is InChI=1S/C48H32/c1-2-14-33(15-3-1)36-18-12-19-37(30-36)38-20-13-21-40(32-38)47-43-24-8-10-26-45(43)48(46-27-11-9-25-44(46)47)42-23-7-6-22-41(42)39-29-28-34-16-4-5-17-35(34)31-39/h1-32H. The summed E-state index contributed by atoms with van der Waals surface area (Å²) in [5.74, 6) is 0. The van der Waals surface area contributed by atoms with E-state index in [4.69, 9.17) is 0 Å². The van der Waals surface area contributed by atoms with Crippen LogP contribution in [0.4, 0.5) is 0 Å². The number of hydrogen-bond donors (Lipinski definition) is 0. The zero-order chi connectivity index (χ0) is 31.9. The molecular formula is C48H32. The summed E-state index contributed by atoms with van der Waals surface area (Å²) in [6.45, 7) is 0. The Hall–Kier alpha value is -6.24. The average molecular weight is 609 g/mol. The van der Waals surface area contributed by atoms with Crippen molar-refractivity contribution in [3.8, 4) is 55.6 Å². The Bertz CT molecular complexity index is 2550. The van der Waals surface area contributed by atoms with Gasteiger partial charge in [-0.15, -0.1) is 0 Å². The fourth-order valence-electron chi connectivity index (χ4n) is 7.40. The molecule has 0 fully saturated rings. The molecule has 0 aliphatic rings. The molecule has 0 bridgehead atoms. The lowest BCUT2D eigenvalue weighted by Gasteiger charge is -2.20. The van der Waals surface area contributed by atoms with Crippen molar-refractivity contribution >= 4 is 32.3 Å². The number of rotatable bonds is 5. The maximum absolute atomic E-state index is 2.36. The molecule has 0 saturated carbocycles. The molecule has 0 amide bonds. The van der Waals surface area contributed by atoms with E-state index in [9.17, 15) is 0 Å². The van der Waals surface area contributed by atoms with Crippen molar-refractivity contribution in [3.05, 3.63) is 194 Å². The Morgan fingerprint density at radius 2 is 0.667 bits per heavy atom. The number of fused-ring (bicyclic) bond motifs is 3. The minimum Gasteiger partial charge on any atom is -0.0622 e. The van der Waals surface area contributed by atoms with Gasteiger partial charge in [0.25, 0.3) is 0 Å². The van der Waals surface area contributed by atoms with Crippen LogP contribution in [0.3, 0.4) is 0 Å². The molecule has 0 aromatic heterocycles. The molecule has 0 unspecified atom stereocenters. The van der Waals surface area contributed by atoms with Gasteiger partial charge in [0.05, 0.1) is 0 Å². The van der Waals surface area contributed by atoms with Gasteiger partial charge in [0.15, 0.2) is 0 Å². The minimum absolute atomic E-state index is 1.21. The molecule has 0 heterocycles. The molecule has 0 radical (unpaired) electrons. The van der Waals surface area contributed by atoms with Crippen LogP contribution in [0.1, 0.15) is 0 Å². The fraction of sp³-hybridized carbons (Fsp3) is 0. The molecule has 0 nitrogen and oxygen atoms in total. The molecule has 9 rings (SSSR count). The average Bonchev–Trinajstić information content (AvgIpc) is 3.17. The normalized spacial score (nSPS) is 11.3. The van der Waals surface area contributed by atoms with E-state index in [2.05, 4.69) is 194 Å². The summed E-state index contributed by atoms with van der Waals surface area (Å²) in [7, 11) is 0. The van der Waals surface area contributed by atoms with Crippen LogP contribution in [0.15, 0.2) is 194 Å². The fourth-order valence-corrected chi connectivity index (χ4v) is 7.40. The highest BCUT2D eigenvalue weighted by molar-refractivity contribution is 6.22. The summed E-state index contributed by atoms with van der Waals surface area (Å²) in [5.41, 5.74) is 12.4. The maximum atomic E-state index is 2.36. The molecule has 0 N–H and O–H groups in total. The van der Waals surface area contributed by atoms with E-state index >= 15 is 0 Å². The molecule has 0 aliphatic heterocycles. The lowest BCUT2D eigenvalue weighted by atomic mass is 9.83. The van der Waals surface area contributed by atoms with Crippen LogP contribution in [0.2, 0.25) is 0 Å². The van der Waals surface area contributed by atoms with Gasteiger partial charge in [0, 0.05) is 0 Å². The first-order chi connectivity index (χ1) is 23.8. The highest BCUT2D eigenvalue weighted by Gasteiger charge is 2.19. The lowest BCUT2D eigenvalue weighted by Crippen LogP contribution is -1.93. The van der Waals surface area contributed by atoms with Crippen LogP contribution in [0.5, 0.6) is 0 Å². The van der Waals surface area contributed by atoms with Crippen LogP contribution in [0.25, 0.3) is 88.0 Å². The predicted molar refractivity (Wildman–Crippen MR) is 206 cm³/mol. The van der Waals surface area contributed by atoms with Crippen molar-refractivity contribution in [2.75, 3.05) is 0 Å². The van der Waals surface area contributed by atoms with E-state index in [0.29, 0.717) is 0 Å². The van der Waals surface area contributed by atoms with E-state index in [-0.39, 0.29) is 0 Å². The van der Waals surface area contributed by atoms with Crippen molar-refractivity contribution in [2.24, 2.45) is 0 Å². The summed E-state index contributed by atoms with van der Waals surface area (Å²) in [5, 5.41) is 7.55. The van der Waals surface area contributed by atoms with Crippen molar-refractivity contribution in [3.63, 3.8) is 0 Å². The van der Waals surface area contributed by atoms with Crippen molar-refractivity contribution < 1.29 is 0 Å². The van der Waals surface area contributed by atoms with Crippen molar-refractivity contribution in [1.29, 1.82) is 0 Å². The monoisotopic (exact) mass is 608 g/mol. The molecule has 9 aromatic carbocycles. The van der Waals surface area contributed by atoms with Gasteiger partial charge in [-0.2, -0.15) is 0 Å². The van der Waals surface area contributed by atoms with Gasteiger partial charge in [-0.3, -0.25) is 0 Å². The lowest BCUT2D eigenvalue weighted by molar-refractivity contribution is 1.58. The Kier molecular flexibility index (Phi) is 6.91. The Labute approximate surface area is 281 Å². The highest BCUT2D eigenvalue weighted by Crippen LogP contribution is 2.46.